The lowest BCUT2D eigenvalue weighted by molar-refractivity contribution is -0.140. The van der Waals surface area contributed by atoms with Crippen LogP contribution < -0.4 is 0 Å². The first kappa shape index (κ1) is 23.7. The monoisotopic (exact) mass is 430 g/mol. The Morgan fingerprint density at radius 1 is 1.26 bits per heavy atom. The standard InChI is InChI=1S/C16H21F3N2O4S.ClH/c1-2-20(11-15(22)23)12-7-9-21(10-8-12)26(24,25)14-6-4-3-5-13(14)16(17,18)19;/h3-6,12H,2,7-11H2,1H3,(H,22,23);1H. The highest BCUT2D eigenvalue weighted by atomic mass is 35.5. The Hall–Kier alpha value is -1.36. The van der Waals surface area contributed by atoms with Crippen molar-refractivity contribution in [2.75, 3.05) is 26.2 Å². The minimum absolute atomic E-state index is 0. The van der Waals surface area contributed by atoms with Crippen LogP contribution in [0.15, 0.2) is 29.2 Å². The number of rotatable bonds is 6. The number of hydrogen-bond acceptors (Lipinski definition) is 4. The van der Waals surface area contributed by atoms with Crippen molar-refractivity contribution in [2.24, 2.45) is 0 Å². The molecular formula is C16H22ClF3N2O4S. The van der Waals surface area contributed by atoms with Crippen LogP contribution in [0.3, 0.4) is 0 Å². The molecule has 0 amide bonds. The minimum atomic E-state index is -4.76. The van der Waals surface area contributed by atoms with Crippen molar-refractivity contribution in [3.8, 4) is 0 Å². The Labute approximate surface area is 162 Å². The molecule has 1 aliphatic heterocycles. The first-order chi connectivity index (χ1) is 12.1. The molecular weight excluding hydrogens is 409 g/mol. The quantitative estimate of drug-likeness (QED) is 0.750. The van der Waals surface area contributed by atoms with Crippen LogP contribution in [0.5, 0.6) is 0 Å². The maximum absolute atomic E-state index is 13.1. The lowest BCUT2D eigenvalue weighted by atomic mass is 10.0. The van der Waals surface area contributed by atoms with Gasteiger partial charge in [0.1, 0.15) is 0 Å². The molecule has 0 unspecified atom stereocenters. The number of aliphatic carboxylic acids is 1. The fourth-order valence-electron chi connectivity index (χ4n) is 3.19. The highest BCUT2D eigenvalue weighted by Gasteiger charge is 2.40. The molecule has 1 aromatic carbocycles. The highest BCUT2D eigenvalue weighted by Crippen LogP contribution is 2.35. The van der Waals surface area contributed by atoms with Gasteiger partial charge in [-0.05, 0) is 31.5 Å². The van der Waals surface area contributed by atoms with E-state index in [2.05, 4.69) is 0 Å². The van der Waals surface area contributed by atoms with E-state index in [4.69, 9.17) is 5.11 Å². The van der Waals surface area contributed by atoms with Gasteiger partial charge in [0.05, 0.1) is 17.0 Å². The minimum Gasteiger partial charge on any atom is -0.480 e. The average molecular weight is 431 g/mol. The van der Waals surface area contributed by atoms with Crippen LogP contribution in [0.25, 0.3) is 0 Å². The van der Waals surface area contributed by atoms with Crippen molar-refractivity contribution in [1.29, 1.82) is 0 Å². The number of carbonyl (C=O) groups is 1. The van der Waals surface area contributed by atoms with E-state index in [1.165, 1.54) is 6.07 Å². The Bertz CT molecular complexity index is 750. The van der Waals surface area contributed by atoms with E-state index in [1.807, 2.05) is 6.92 Å². The van der Waals surface area contributed by atoms with Crippen LogP contribution in [0.1, 0.15) is 25.3 Å². The molecule has 27 heavy (non-hydrogen) atoms. The van der Waals surface area contributed by atoms with E-state index in [1.54, 1.807) is 4.90 Å². The SMILES string of the molecule is CCN(CC(=O)O)C1CCN(S(=O)(=O)c2ccccc2C(F)(F)F)CC1.Cl. The summed E-state index contributed by atoms with van der Waals surface area (Å²) in [5.41, 5.74) is -1.18. The molecule has 0 saturated carbocycles. The number of hydrogen-bond donors (Lipinski definition) is 1. The van der Waals surface area contributed by atoms with Gasteiger partial charge in [0.15, 0.2) is 0 Å². The number of carboxylic acids is 1. The third kappa shape index (κ3) is 5.56. The number of piperidine rings is 1. The van der Waals surface area contributed by atoms with Gasteiger partial charge in [-0.1, -0.05) is 19.1 Å². The molecule has 0 aliphatic carbocycles. The van der Waals surface area contributed by atoms with Crippen molar-refractivity contribution < 1.29 is 31.5 Å². The Morgan fingerprint density at radius 3 is 2.30 bits per heavy atom. The molecule has 1 saturated heterocycles. The van der Waals surface area contributed by atoms with Gasteiger partial charge in [-0.3, -0.25) is 9.69 Å². The fraction of sp³-hybridized carbons (Fsp3) is 0.562. The molecule has 1 aliphatic rings. The Kier molecular flexibility index (Phi) is 8.09. The second kappa shape index (κ2) is 9.22. The van der Waals surface area contributed by atoms with Gasteiger partial charge in [0.2, 0.25) is 10.0 Å². The van der Waals surface area contributed by atoms with Crippen LogP contribution in [0, 0.1) is 0 Å². The van der Waals surface area contributed by atoms with E-state index in [0.29, 0.717) is 19.4 Å². The molecule has 1 N–H and O–H groups in total. The lowest BCUT2D eigenvalue weighted by Gasteiger charge is -2.37. The van der Waals surface area contributed by atoms with Crippen molar-refractivity contribution in [3.63, 3.8) is 0 Å². The van der Waals surface area contributed by atoms with Gasteiger partial charge in [-0.2, -0.15) is 17.5 Å². The average Bonchev–Trinajstić information content (AvgIpc) is 2.59. The zero-order valence-corrected chi connectivity index (χ0v) is 16.3. The smallest absolute Gasteiger partial charge is 0.417 e. The molecule has 2 rings (SSSR count). The van der Waals surface area contributed by atoms with Gasteiger partial charge in [0.25, 0.3) is 0 Å². The highest BCUT2D eigenvalue weighted by molar-refractivity contribution is 7.89. The second-order valence-corrected chi connectivity index (χ2v) is 7.99. The first-order valence-corrected chi connectivity index (χ1v) is 9.63. The van der Waals surface area contributed by atoms with Crippen molar-refractivity contribution in [1.82, 2.24) is 9.21 Å². The van der Waals surface area contributed by atoms with Crippen LogP contribution >= 0.6 is 12.4 Å². The topological polar surface area (TPSA) is 77.9 Å². The summed E-state index contributed by atoms with van der Waals surface area (Å²) in [5, 5.41) is 8.93. The zero-order valence-electron chi connectivity index (χ0n) is 14.6. The summed E-state index contributed by atoms with van der Waals surface area (Å²) in [6, 6.07) is 4.03. The molecule has 11 heteroatoms. The summed E-state index contributed by atoms with van der Waals surface area (Å²) >= 11 is 0. The van der Waals surface area contributed by atoms with E-state index >= 15 is 0 Å². The van der Waals surface area contributed by atoms with Crippen LogP contribution in [0.4, 0.5) is 13.2 Å². The Morgan fingerprint density at radius 2 is 1.81 bits per heavy atom. The van der Waals surface area contributed by atoms with Crippen LogP contribution in [0.2, 0.25) is 0 Å². The van der Waals surface area contributed by atoms with E-state index in [-0.39, 0.29) is 38.1 Å². The molecule has 1 fully saturated rings. The molecule has 1 aromatic rings. The largest absolute Gasteiger partial charge is 0.480 e. The Balaban J connectivity index is 0.00000364. The van der Waals surface area contributed by atoms with E-state index in [0.717, 1.165) is 22.5 Å². The van der Waals surface area contributed by atoms with E-state index < -0.39 is 32.6 Å². The third-order valence-electron chi connectivity index (χ3n) is 4.49. The number of benzene rings is 1. The predicted molar refractivity (Wildman–Crippen MR) is 95.4 cm³/mol. The van der Waals surface area contributed by atoms with Gasteiger partial charge in [-0.15, -0.1) is 12.4 Å². The van der Waals surface area contributed by atoms with E-state index in [9.17, 15) is 26.4 Å². The predicted octanol–water partition coefficient (Wildman–Crippen LogP) is 2.69. The van der Waals surface area contributed by atoms with Gasteiger partial charge in [0, 0.05) is 19.1 Å². The number of sulfonamides is 1. The molecule has 0 radical (unpaired) electrons. The number of halogens is 4. The summed E-state index contributed by atoms with van der Waals surface area (Å²) < 4.78 is 65.8. The number of likely N-dealkylation sites (N-methyl/N-ethyl adjacent to an activating group) is 1. The number of alkyl halides is 3. The summed E-state index contributed by atoms with van der Waals surface area (Å²) in [5.74, 6) is -0.971. The van der Waals surface area contributed by atoms with Crippen molar-refractivity contribution in [3.05, 3.63) is 29.8 Å². The van der Waals surface area contributed by atoms with Crippen LogP contribution in [-0.2, 0) is 21.0 Å². The van der Waals surface area contributed by atoms with Gasteiger partial charge in [-0.25, -0.2) is 8.42 Å². The normalized spacial score (nSPS) is 16.9. The fourth-order valence-corrected chi connectivity index (χ4v) is 4.87. The molecule has 0 spiro atoms. The van der Waals surface area contributed by atoms with Gasteiger partial charge < -0.3 is 5.11 Å². The third-order valence-corrected chi connectivity index (χ3v) is 6.45. The molecule has 6 nitrogen and oxygen atoms in total. The second-order valence-electron chi connectivity index (χ2n) is 6.09. The molecule has 0 aromatic heterocycles. The maximum Gasteiger partial charge on any atom is 0.417 e. The summed E-state index contributed by atoms with van der Waals surface area (Å²) in [7, 11) is -4.28. The number of carboxylic acid groups (broad SMARTS) is 1. The molecule has 1 heterocycles. The first-order valence-electron chi connectivity index (χ1n) is 8.19. The number of nitrogens with zero attached hydrogens (tertiary/aromatic N) is 2. The molecule has 154 valence electrons. The van der Waals surface area contributed by atoms with Crippen molar-refractivity contribution in [2.45, 2.75) is 36.9 Å². The summed E-state index contributed by atoms with van der Waals surface area (Å²) in [6.07, 6.45) is -4.02. The summed E-state index contributed by atoms with van der Waals surface area (Å²) in [4.78, 5) is 11.9. The molecule has 0 bridgehead atoms. The lowest BCUT2D eigenvalue weighted by Crippen LogP contribution is -2.48. The zero-order chi connectivity index (χ0) is 19.5. The van der Waals surface area contributed by atoms with Crippen molar-refractivity contribution >= 4 is 28.4 Å². The maximum atomic E-state index is 13.1. The molecule has 0 atom stereocenters. The summed E-state index contributed by atoms with van der Waals surface area (Å²) in [6.45, 7) is 2.27. The van der Waals surface area contributed by atoms with Crippen LogP contribution in [-0.4, -0.2) is 60.9 Å². The van der Waals surface area contributed by atoms with Gasteiger partial charge >= 0.3 is 12.1 Å².